The highest BCUT2D eigenvalue weighted by molar-refractivity contribution is 7.99. The number of anilines is 1. The summed E-state index contributed by atoms with van der Waals surface area (Å²) in [5.74, 6) is 2.15. The molecule has 3 aromatic rings. The number of hydrogen-bond acceptors (Lipinski definition) is 6. The van der Waals surface area contributed by atoms with Crippen LogP contribution >= 0.6 is 11.8 Å². The summed E-state index contributed by atoms with van der Waals surface area (Å²) >= 11 is 1.44. The fourth-order valence-corrected chi connectivity index (χ4v) is 4.42. The van der Waals surface area contributed by atoms with E-state index in [1.165, 1.54) is 30.2 Å². The number of furan rings is 1. The van der Waals surface area contributed by atoms with Crippen LogP contribution in [-0.2, 0) is 13.0 Å². The van der Waals surface area contributed by atoms with Gasteiger partial charge in [0, 0.05) is 18.7 Å². The number of aromatic nitrogens is 3. The number of thioether (sulfide) groups is 1. The van der Waals surface area contributed by atoms with E-state index in [0.29, 0.717) is 12.3 Å². The van der Waals surface area contributed by atoms with Crippen LogP contribution in [0.1, 0.15) is 47.9 Å². The second-order valence-corrected chi connectivity index (χ2v) is 8.24. The van der Waals surface area contributed by atoms with Gasteiger partial charge in [-0.2, -0.15) is 0 Å². The summed E-state index contributed by atoms with van der Waals surface area (Å²) in [6.45, 7) is 4.70. The van der Waals surface area contributed by atoms with Gasteiger partial charge in [0.1, 0.15) is 5.76 Å². The zero-order valence-corrected chi connectivity index (χ0v) is 17.5. The lowest BCUT2D eigenvalue weighted by atomic mass is 10.1. The molecule has 0 amide bonds. The highest BCUT2D eigenvalue weighted by Gasteiger charge is 2.22. The van der Waals surface area contributed by atoms with E-state index in [2.05, 4.69) is 26.6 Å². The molecule has 0 aliphatic carbocycles. The molecular weight excluding hydrogens is 384 g/mol. The number of ketones is 1. The smallest absolute Gasteiger partial charge is 0.228 e. The van der Waals surface area contributed by atoms with Gasteiger partial charge in [-0.15, -0.1) is 10.2 Å². The third kappa shape index (κ3) is 4.72. The van der Waals surface area contributed by atoms with Gasteiger partial charge in [0.05, 0.1) is 18.6 Å². The molecule has 152 valence electrons. The maximum Gasteiger partial charge on any atom is 0.228 e. The third-order valence-electron chi connectivity index (χ3n) is 5.13. The van der Waals surface area contributed by atoms with Gasteiger partial charge in [-0.3, -0.25) is 9.36 Å². The summed E-state index contributed by atoms with van der Waals surface area (Å²) in [5.41, 5.74) is 2.01. The van der Waals surface area contributed by atoms with Crippen LogP contribution in [0, 0.1) is 0 Å². The Kier molecular flexibility index (Phi) is 6.34. The molecular formula is C22H26N4O2S. The van der Waals surface area contributed by atoms with Crippen LogP contribution in [0.4, 0.5) is 5.95 Å². The molecule has 0 atom stereocenters. The van der Waals surface area contributed by atoms with E-state index in [4.69, 9.17) is 4.42 Å². The van der Waals surface area contributed by atoms with Gasteiger partial charge < -0.3 is 9.32 Å². The molecule has 1 aliphatic rings. The second-order valence-electron chi connectivity index (χ2n) is 7.30. The van der Waals surface area contributed by atoms with Gasteiger partial charge in [0.25, 0.3) is 0 Å². The maximum absolute atomic E-state index is 12.7. The van der Waals surface area contributed by atoms with Crippen molar-refractivity contribution in [2.75, 3.05) is 23.7 Å². The van der Waals surface area contributed by atoms with Crippen molar-refractivity contribution in [1.29, 1.82) is 0 Å². The van der Waals surface area contributed by atoms with Gasteiger partial charge in [-0.05, 0) is 37.0 Å². The monoisotopic (exact) mass is 410 g/mol. The summed E-state index contributed by atoms with van der Waals surface area (Å²) in [6, 6.07) is 11.8. The lowest BCUT2D eigenvalue weighted by Crippen LogP contribution is -2.22. The molecule has 29 heavy (non-hydrogen) atoms. The zero-order chi connectivity index (χ0) is 20.1. The van der Waals surface area contributed by atoms with Crippen LogP contribution in [0.3, 0.4) is 0 Å². The van der Waals surface area contributed by atoms with Crippen molar-refractivity contribution in [2.24, 2.45) is 0 Å². The Hall–Kier alpha value is -2.54. The molecule has 0 saturated carbocycles. The first-order chi connectivity index (χ1) is 14.2. The van der Waals surface area contributed by atoms with Crippen molar-refractivity contribution in [3.63, 3.8) is 0 Å². The lowest BCUT2D eigenvalue weighted by molar-refractivity contribution is 0.102. The lowest BCUT2D eigenvalue weighted by Gasteiger charge is -2.17. The first-order valence-corrected chi connectivity index (χ1v) is 11.2. The van der Waals surface area contributed by atoms with Crippen LogP contribution in [0.25, 0.3) is 0 Å². The van der Waals surface area contributed by atoms with Crippen molar-refractivity contribution in [3.05, 3.63) is 59.5 Å². The molecule has 1 aliphatic heterocycles. The van der Waals surface area contributed by atoms with Gasteiger partial charge in [-0.25, -0.2) is 0 Å². The van der Waals surface area contributed by atoms with Gasteiger partial charge in [0.15, 0.2) is 10.9 Å². The fourth-order valence-electron chi connectivity index (χ4n) is 3.60. The number of rotatable bonds is 9. The fraction of sp³-hybridized carbons (Fsp3) is 0.409. The molecule has 1 aromatic carbocycles. The molecule has 3 heterocycles. The predicted molar refractivity (Wildman–Crippen MR) is 115 cm³/mol. The topological polar surface area (TPSA) is 64.2 Å². The van der Waals surface area contributed by atoms with E-state index < -0.39 is 0 Å². The van der Waals surface area contributed by atoms with Crippen molar-refractivity contribution >= 4 is 23.5 Å². The van der Waals surface area contributed by atoms with Crippen molar-refractivity contribution in [2.45, 2.75) is 44.3 Å². The first kappa shape index (κ1) is 19.8. The van der Waals surface area contributed by atoms with E-state index >= 15 is 0 Å². The summed E-state index contributed by atoms with van der Waals surface area (Å²) in [4.78, 5) is 14.9. The molecule has 0 bridgehead atoms. The summed E-state index contributed by atoms with van der Waals surface area (Å²) in [5, 5.41) is 9.56. The van der Waals surface area contributed by atoms with Crippen LogP contribution in [0.15, 0.2) is 52.2 Å². The minimum absolute atomic E-state index is 0.105. The largest absolute Gasteiger partial charge is 0.467 e. The highest BCUT2D eigenvalue weighted by Crippen LogP contribution is 2.26. The quantitative estimate of drug-likeness (QED) is 0.384. The van der Waals surface area contributed by atoms with Crippen molar-refractivity contribution in [3.8, 4) is 0 Å². The van der Waals surface area contributed by atoms with E-state index in [1.54, 1.807) is 6.26 Å². The van der Waals surface area contributed by atoms with Gasteiger partial charge in [-0.1, -0.05) is 49.4 Å². The van der Waals surface area contributed by atoms with Gasteiger partial charge >= 0.3 is 0 Å². The summed E-state index contributed by atoms with van der Waals surface area (Å²) < 4.78 is 7.60. The molecule has 1 fully saturated rings. The third-order valence-corrected chi connectivity index (χ3v) is 6.09. The highest BCUT2D eigenvalue weighted by atomic mass is 32.2. The van der Waals surface area contributed by atoms with E-state index in [1.807, 2.05) is 36.4 Å². The molecule has 7 heteroatoms. The summed E-state index contributed by atoms with van der Waals surface area (Å²) in [7, 11) is 0. The SMILES string of the molecule is CCCc1ccc(C(=O)CSc2nnc(N3CCCC3)n2Cc2ccco2)cc1. The Morgan fingerprint density at radius 1 is 1.14 bits per heavy atom. The normalized spacial score (nSPS) is 13.9. The van der Waals surface area contributed by atoms with E-state index in [9.17, 15) is 4.79 Å². The van der Waals surface area contributed by atoms with Crippen LogP contribution in [-0.4, -0.2) is 39.4 Å². The number of hydrogen-bond donors (Lipinski definition) is 0. The average Bonchev–Trinajstić information content (AvgIpc) is 3.50. The summed E-state index contributed by atoms with van der Waals surface area (Å²) in [6.07, 6.45) is 6.16. The van der Waals surface area contributed by atoms with Crippen molar-refractivity contribution < 1.29 is 9.21 Å². The number of aryl methyl sites for hydroxylation is 1. The maximum atomic E-state index is 12.7. The number of Topliss-reactive ketones (excluding diaryl/α,β-unsaturated/α-hetero) is 1. The van der Waals surface area contributed by atoms with E-state index in [-0.39, 0.29) is 5.78 Å². The Balaban J connectivity index is 1.48. The van der Waals surface area contributed by atoms with E-state index in [0.717, 1.165) is 48.4 Å². The Morgan fingerprint density at radius 3 is 2.62 bits per heavy atom. The molecule has 0 radical (unpaired) electrons. The van der Waals surface area contributed by atoms with Crippen LogP contribution in [0.5, 0.6) is 0 Å². The van der Waals surface area contributed by atoms with Crippen LogP contribution < -0.4 is 4.90 Å². The standard InChI is InChI=1S/C22H26N4O2S/c1-2-6-17-8-10-18(11-9-17)20(27)16-29-22-24-23-21(25-12-3-4-13-25)26(22)15-19-7-5-14-28-19/h5,7-11,14H,2-4,6,12-13,15-16H2,1H3. The number of nitrogens with zero attached hydrogens (tertiary/aromatic N) is 4. The van der Waals surface area contributed by atoms with Crippen LogP contribution in [0.2, 0.25) is 0 Å². The Labute approximate surface area is 175 Å². The minimum atomic E-state index is 0.105. The zero-order valence-electron chi connectivity index (χ0n) is 16.7. The molecule has 4 rings (SSSR count). The molecule has 6 nitrogen and oxygen atoms in total. The second kappa shape index (κ2) is 9.31. The minimum Gasteiger partial charge on any atom is -0.467 e. The average molecular weight is 411 g/mol. The molecule has 1 saturated heterocycles. The predicted octanol–water partition coefficient (Wildman–Crippen LogP) is 4.45. The molecule has 0 spiro atoms. The number of carbonyl (C=O) groups excluding carboxylic acids is 1. The number of benzene rings is 1. The molecule has 0 N–H and O–H groups in total. The first-order valence-electron chi connectivity index (χ1n) is 10.2. The number of carbonyl (C=O) groups is 1. The molecule has 2 aromatic heterocycles. The Morgan fingerprint density at radius 2 is 1.93 bits per heavy atom. The molecule has 0 unspecified atom stereocenters. The van der Waals surface area contributed by atoms with Gasteiger partial charge in [0.2, 0.25) is 5.95 Å². The Bertz CT molecular complexity index is 928. The van der Waals surface area contributed by atoms with Crippen molar-refractivity contribution in [1.82, 2.24) is 14.8 Å².